The van der Waals surface area contributed by atoms with Gasteiger partial charge in [-0.1, -0.05) is 12.1 Å². The zero-order valence-corrected chi connectivity index (χ0v) is 17.6. The van der Waals surface area contributed by atoms with Gasteiger partial charge in [0.05, 0.1) is 50.9 Å². The number of nitrogens with one attached hydrogen (secondary N) is 2. The number of nitro benzene ring substituents is 2. The highest BCUT2D eigenvalue weighted by Gasteiger charge is 2.48. The predicted molar refractivity (Wildman–Crippen MR) is 114 cm³/mol. The second-order valence-corrected chi connectivity index (χ2v) is 7.81. The van der Waals surface area contributed by atoms with Crippen LogP contribution in [-0.4, -0.2) is 57.5 Å². The smallest absolute Gasteiger partial charge is 0.277 e. The highest BCUT2D eigenvalue weighted by Crippen LogP contribution is 2.33. The van der Waals surface area contributed by atoms with Gasteiger partial charge in [-0.2, -0.15) is 0 Å². The second kappa shape index (κ2) is 8.27. The minimum atomic E-state index is -0.925. The molecule has 0 spiro atoms. The Labute approximate surface area is 195 Å². The summed E-state index contributed by atoms with van der Waals surface area (Å²) < 4.78 is 11.3. The highest BCUT2D eigenvalue weighted by atomic mass is 16.7. The van der Waals surface area contributed by atoms with E-state index in [-0.39, 0.29) is 29.0 Å². The molecule has 14 heteroatoms. The molecule has 14 nitrogen and oxygen atoms in total. The molecule has 5 rings (SSSR count). The van der Waals surface area contributed by atoms with Crippen molar-refractivity contribution >= 4 is 29.1 Å². The number of non-ortho nitro benzene ring substituents is 2. The Morgan fingerprint density at radius 2 is 1.60 bits per heavy atom. The molecule has 0 radical (unpaired) electrons. The zero-order valence-electron chi connectivity index (χ0n) is 17.6. The zero-order chi connectivity index (χ0) is 24.9. The number of hydrazine groups is 1. The lowest BCUT2D eigenvalue weighted by Crippen LogP contribution is -2.51. The fourth-order valence-corrected chi connectivity index (χ4v) is 4.09. The molecule has 1 fully saturated rings. The van der Waals surface area contributed by atoms with Gasteiger partial charge in [0.25, 0.3) is 29.1 Å². The van der Waals surface area contributed by atoms with Crippen molar-refractivity contribution in [1.29, 1.82) is 0 Å². The van der Waals surface area contributed by atoms with Crippen LogP contribution in [0.3, 0.4) is 0 Å². The SMILES string of the molecule is O=C(NNC1=CC(N2C(=O)c3ccccc3C2=O)C2COC1O2)c1cc([N+](=O)[O-])cc([N+](=O)[O-])c1. The van der Waals surface area contributed by atoms with Crippen LogP contribution in [0.25, 0.3) is 0 Å². The maximum Gasteiger partial charge on any atom is 0.277 e. The lowest BCUT2D eigenvalue weighted by atomic mass is 10.1. The molecule has 2 bridgehead atoms. The summed E-state index contributed by atoms with van der Waals surface area (Å²) in [5.74, 6) is -1.89. The molecule has 3 amide bonds. The Kier molecular flexibility index (Phi) is 5.22. The molecule has 0 aliphatic carbocycles. The lowest BCUT2D eigenvalue weighted by Gasteiger charge is -2.32. The van der Waals surface area contributed by atoms with E-state index < -0.39 is 57.4 Å². The molecular formula is C21H15N5O9. The van der Waals surface area contributed by atoms with E-state index in [1.165, 1.54) is 6.08 Å². The first-order valence-corrected chi connectivity index (χ1v) is 10.2. The van der Waals surface area contributed by atoms with Gasteiger partial charge in [0.1, 0.15) is 6.10 Å². The van der Waals surface area contributed by atoms with Crippen molar-refractivity contribution in [1.82, 2.24) is 15.8 Å². The normalized spacial score (nSPS) is 22.5. The maximum atomic E-state index is 12.9. The van der Waals surface area contributed by atoms with Crippen molar-refractivity contribution < 1.29 is 33.7 Å². The number of nitrogens with zero attached hydrogens (tertiary/aromatic N) is 3. The van der Waals surface area contributed by atoms with Crippen LogP contribution in [0.5, 0.6) is 0 Å². The van der Waals surface area contributed by atoms with Gasteiger partial charge in [-0.05, 0) is 18.2 Å². The molecule has 2 N–H and O–H groups in total. The number of carbonyl (C=O) groups excluding carboxylic acids is 3. The van der Waals surface area contributed by atoms with Crippen LogP contribution in [0.4, 0.5) is 11.4 Å². The second-order valence-electron chi connectivity index (χ2n) is 7.81. The molecule has 0 saturated carbocycles. The molecule has 1 saturated heterocycles. The van der Waals surface area contributed by atoms with E-state index in [0.717, 1.165) is 23.1 Å². The molecule has 2 aromatic carbocycles. The summed E-state index contributed by atoms with van der Waals surface area (Å²) >= 11 is 0. The summed E-state index contributed by atoms with van der Waals surface area (Å²) in [6, 6.07) is 8.08. The van der Waals surface area contributed by atoms with Crippen molar-refractivity contribution in [3.05, 3.63) is 91.2 Å². The van der Waals surface area contributed by atoms with Crippen molar-refractivity contribution in [2.45, 2.75) is 18.4 Å². The van der Waals surface area contributed by atoms with Gasteiger partial charge >= 0.3 is 0 Å². The Bertz CT molecular complexity index is 1270. The summed E-state index contributed by atoms with van der Waals surface area (Å²) in [5, 5.41) is 22.1. The number of fused-ring (bicyclic) bond motifs is 3. The quantitative estimate of drug-likeness (QED) is 0.343. The minimum Gasteiger partial charge on any atom is -0.344 e. The Morgan fingerprint density at radius 3 is 2.17 bits per heavy atom. The fraction of sp³-hybridized carbons (Fsp3) is 0.190. The number of hydrogen-bond acceptors (Lipinski definition) is 10. The third-order valence-corrected chi connectivity index (χ3v) is 5.73. The lowest BCUT2D eigenvalue weighted by molar-refractivity contribution is -0.394. The van der Waals surface area contributed by atoms with Crippen molar-refractivity contribution in [3.8, 4) is 0 Å². The van der Waals surface area contributed by atoms with E-state index in [1.54, 1.807) is 24.3 Å². The number of carbonyl (C=O) groups is 3. The molecule has 3 heterocycles. The predicted octanol–water partition coefficient (Wildman–Crippen LogP) is 1.04. The van der Waals surface area contributed by atoms with Crippen molar-refractivity contribution in [2.24, 2.45) is 0 Å². The fourth-order valence-electron chi connectivity index (χ4n) is 4.09. The summed E-state index contributed by atoms with van der Waals surface area (Å²) in [6.45, 7) is 0.0788. The van der Waals surface area contributed by atoms with Crippen LogP contribution in [0.2, 0.25) is 0 Å². The van der Waals surface area contributed by atoms with Gasteiger partial charge in [-0.15, -0.1) is 0 Å². The molecule has 35 heavy (non-hydrogen) atoms. The number of imide groups is 1. The van der Waals surface area contributed by atoms with E-state index in [2.05, 4.69) is 10.9 Å². The highest BCUT2D eigenvalue weighted by molar-refractivity contribution is 6.21. The van der Waals surface area contributed by atoms with Crippen LogP contribution in [0.15, 0.2) is 54.2 Å². The molecule has 178 valence electrons. The van der Waals surface area contributed by atoms with Crippen LogP contribution in [0.1, 0.15) is 31.1 Å². The number of hydrogen-bond donors (Lipinski definition) is 2. The molecule has 2 aromatic rings. The standard InChI is InChI=1S/C21H15N5O9/c27-18(10-5-11(25(30)31)7-12(6-10)26(32)33)23-22-15-8-16(17-9-34-21(15)35-17)24-19(28)13-3-1-2-4-14(13)20(24)29/h1-8,16-17,21-22H,9H2,(H,23,27). The monoisotopic (exact) mass is 481 g/mol. The van der Waals surface area contributed by atoms with E-state index >= 15 is 0 Å². The van der Waals surface area contributed by atoms with E-state index in [0.29, 0.717) is 0 Å². The van der Waals surface area contributed by atoms with Gasteiger partial charge in [-0.3, -0.25) is 50.4 Å². The first-order valence-electron chi connectivity index (χ1n) is 10.2. The van der Waals surface area contributed by atoms with Gasteiger partial charge in [0.2, 0.25) is 6.29 Å². The summed E-state index contributed by atoms with van der Waals surface area (Å²) in [7, 11) is 0. The number of ether oxygens (including phenoxy) is 2. The molecule has 3 aliphatic heterocycles. The number of rotatable bonds is 6. The largest absolute Gasteiger partial charge is 0.344 e. The minimum absolute atomic E-state index is 0.0788. The Balaban J connectivity index is 1.37. The summed E-state index contributed by atoms with van der Waals surface area (Å²) in [6.07, 6.45) is -0.0296. The topological polar surface area (TPSA) is 183 Å². The van der Waals surface area contributed by atoms with Crippen LogP contribution < -0.4 is 10.9 Å². The molecule has 3 atom stereocenters. The van der Waals surface area contributed by atoms with Crippen LogP contribution >= 0.6 is 0 Å². The Hall–Kier alpha value is -4.69. The van der Waals surface area contributed by atoms with Crippen molar-refractivity contribution in [2.75, 3.05) is 6.61 Å². The van der Waals surface area contributed by atoms with Crippen LogP contribution in [-0.2, 0) is 9.47 Å². The third kappa shape index (κ3) is 3.75. The Morgan fingerprint density at radius 1 is 1.00 bits per heavy atom. The maximum absolute atomic E-state index is 12.9. The van der Waals surface area contributed by atoms with Gasteiger partial charge < -0.3 is 9.47 Å². The van der Waals surface area contributed by atoms with E-state index in [1.807, 2.05) is 0 Å². The number of amides is 3. The van der Waals surface area contributed by atoms with Gasteiger partial charge in [-0.25, -0.2) is 0 Å². The average molecular weight is 481 g/mol. The summed E-state index contributed by atoms with van der Waals surface area (Å²) in [5.41, 5.74) is 3.97. The molecule has 3 aliphatic rings. The van der Waals surface area contributed by atoms with Crippen molar-refractivity contribution in [3.63, 3.8) is 0 Å². The first-order chi connectivity index (χ1) is 16.7. The molecule has 3 unspecified atom stereocenters. The van der Waals surface area contributed by atoms with E-state index in [4.69, 9.17) is 9.47 Å². The third-order valence-electron chi connectivity index (χ3n) is 5.73. The number of nitro groups is 2. The van der Waals surface area contributed by atoms with Gasteiger partial charge in [0.15, 0.2) is 0 Å². The average Bonchev–Trinajstić information content (AvgIpc) is 3.38. The summed E-state index contributed by atoms with van der Waals surface area (Å²) in [4.78, 5) is 59.9. The molecular weight excluding hydrogens is 466 g/mol. The first kappa shape index (κ1) is 22.1. The van der Waals surface area contributed by atoms with Gasteiger partial charge in [0, 0.05) is 12.1 Å². The van der Waals surface area contributed by atoms with E-state index in [9.17, 15) is 34.6 Å². The van der Waals surface area contributed by atoms with Crippen LogP contribution in [0, 0.1) is 20.2 Å². The molecule has 0 aromatic heterocycles. The number of benzene rings is 2.